The third kappa shape index (κ3) is 3.81. The Bertz CT molecular complexity index is 557. The van der Waals surface area contributed by atoms with Gasteiger partial charge in [0.15, 0.2) is 5.89 Å². The van der Waals surface area contributed by atoms with Gasteiger partial charge in [-0.05, 0) is 25.8 Å². The van der Waals surface area contributed by atoms with Gasteiger partial charge in [-0.25, -0.2) is 4.98 Å². The molecule has 2 aliphatic heterocycles. The molecule has 3 heterocycles. The Kier molecular flexibility index (Phi) is 5.56. The number of rotatable bonds is 6. The first-order valence-electron chi connectivity index (χ1n) is 9.19. The molecular weight excluding hydrogens is 304 g/mol. The van der Waals surface area contributed by atoms with Gasteiger partial charge in [-0.2, -0.15) is 0 Å². The molecule has 2 saturated heterocycles. The minimum atomic E-state index is 0.328. The molecule has 1 N–H and O–H groups in total. The zero-order valence-electron chi connectivity index (χ0n) is 15.1. The molecular formula is C18H30N4O2. The van der Waals surface area contributed by atoms with Crippen LogP contribution in [-0.2, 0) is 11.3 Å². The summed E-state index contributed by atoms with van der Waals surface area (Å²) in [5.41, 5.74) is 1.02. The summed E-state index contributed by atoms with van der Waals surface area (Å²) >= 11 is 0. The highest BCUT2D eigenvalue weighted by Gasteiger charge is 2.38. The highest BCUT2D eigenvalue weighted by atomic mass is 16.3. The van der Waals surface area contributed by atoms with E-state index in [4.69, 9.17) is 4.42 Å². The van der Waals surface area contributed by atoms with Crippen molar-refractivity contribution in [3.8, 4) is 0 Å². The van der Waals surface area contributed by atoms with Crippen LogP contribution in [0.5, 0.6) is 0 Å². The van der Waals surface area contributed by atoms with E-state index in [-0.39, 0.29) is 0 Å². The Balaban J connectivity index is 1.58. The summed E-state index contributed by atoms with van der Waals surface area (Å²) in [6.07, 6.45) is 4.58. The lowest BCUT2D eigenvalue weighted by Crippen LogP contribution is -2.56. The van der Waals surface area contributed by atoms with Gasteiger partial charge in [0, 0.05) is 51.1 Å². The number of carbonyl (C=O) groups excluding carboxylic acids is 1. The van der Waals surface area contributed by atoms with Gasteiger partial charge in [-0.1, -0.05) is 13.8 Å². The van der Waals surface area contributed by atoms with Crippen LogP contribution in [0.2, 0.25) is 0 Å². The lowest BCUT2D eigenvalue weighted by atomic mass is 9.83. The maximum Gasteiger partial charge on any atom is 0.222 e. The first kappa shape index (κ1) is 17.4. The van der Waals surface area contributed by atoms with E-state index < -0.39 is 0 Å². The Morgan fingerprint density at radius 1 is 1.42 bits per heavy atom. The van der Waals surface area contributed by atoms with Crippen LogP contribution in [0.25, 0.3) is 0 Å². The Morgan fingerprint density at radius 3 is 2.96 bits per heavy atom. The normalized spacial score (nSPS) is 25.3. The fourth-order valence-electron chi connectivity index (χ4n) is 3.98. The molecule has 0 saturated carbocycles. The largest absolute Gasteiger partial charge is 0.448 e. The van der Waals surface area contributed by atoms with Gasteiger partial charge in [-0.15, -0.1) is 0 Å². The predicted molar refractivity (Wildman–Crippen MR) is 92.6 cm³/mol. The SMILES string of the molecule is CNCCN1C(=O)CC[C@H]2CN(Cc3coc(C(C)C)n3)CC[C@H]21. The third-order valence-electron chi connectivity index (χ3n) is 5.28. The van der Waals surface area contributed by atoms with E-state index in [0.29, 0.717) is 30.2 Å². The molecule has 6 heteroatoms. The second-order valence-corrected chi connectivity index (χ2v) is 7.41. The topological polar surface area (TPSA) is 61.6 Å². The molecule has 0 unspecified atom stereocenters. The zero-order chi connectivity index (χ0) is 17.1. The molecule has 3 rings (SSSR count). The quantitative estimate of drug-likeness (QED) is 0.860. The van der Waals surface area contributed by atoms with E-state index in [2.05, 4.69) is 33.9 Å². The number of aromatic nitrogens is 1. The van der Waals surface area contributed by atoms with E-state index in [1.807, 2.05) is 7.05 Å². The van der Waals surface area contributed by atoms with Gasteiger partial charge < -0.3 is 14.6 Å². The zero-order valence-corrected chi connectivity index (χ0v) is 15.1. The minimum absolute atomic E-state index is 0.328. The first-order chi connectivity index (χ1) is 11.6. The number of carbonyl (C=O) groups is 1. The molecule has 0 radical (unpaired) electrons. The van der Waals surface area contributed by atoms with Crippen molar-refractivity contribution in [2.75, 3.05) is 33.2 Å². The molecule has 2 aliphatic rings. The molecule has 1 amide bonds. The molecule has 0 spiro atoms. The molecule has 0 aliphatic carbocycles. The lowest BCUT2D eigenvalue weighted by molar-refractivity contribution is -0.141. The number of amides is 1. The predicted octanol–water partition coefficient (Wildman–Crippen LogP) is 1.83. The number of piperidine rings is 2. The van der Waals surface area contributed by atoms with Crippen molar-refractivity contribution in [2.45, 2.75) is 51.6 Å². The fourth-order valence-corrected chi connectivity index (χ4v) is 3.98. The van der Waals surface area contributed by atoms with Crippen molar-refractivity contribution in [1.82, 2.24) is 20.1 Å². The van der Waals surface area contributed by atoms with E-state index in [1.165, 1.54) is 0 Å². The van der Waals surface area contributed by atoms with Crippen LogP contribution in [-0.4, -0.2) is 60.0 Å². The summed E-state index contributed by atoms with van der Waals surface area (Å²) in [7, 11) is 1.94. The molecule has 2 fully saturated rings. The van der Waals surface area contributed by atoms with Crippen LogP contribution in [0.15, 0.2) is 10.7 Å². The first-order valence-corrected chi connectivity index (χ1v) is 9.19. The van der Waals surface area contributed by atoms with Gasteiger partial charge in [0.25, 0.3) is 0 Å². The molecule has 6 nitrogen and oxygen atoms in total. The van der Waals surface area contributed by atoms with Crippen molar-refractivity contribution < 1.29 is 9.21 Å². The standard InChI is InChI=1S/C18H30N4O2/c1-13(2)18-20-15(12-24-18)11-21-8-6-16-14(10-21)4-5-17(23)22(16)9-7-19-3/h12-14,16,19H,4-11H2,1-3H3/t14-,16+/m0/s1. The van der Waals surface area contributed by atoms with Crippen LogP contribution in [0, 0.1) is 5.92 Å². The average molecular weight is 334 g/mol. The van der Waals surface area contributed by atoms with Gasteiger partial charge in [-0.3, -0.25) is 9.69 Å². The maximum absolute atomic E-state index is 12.3. The van der Waals surface area contributed by atoms with E-state index in [1.54, 1.807) is 6.26 Å². The lowest BCUT2D eigenvalue weighted by Gasteiger charge is -2.47. The van der Waals surface area contributed by atoms with Crippen molar-refractivity contribution in [2.24, 2.45) is 5.92 Å². The Labute approximate surface area is 144 Å². The van der Waals surface area contributed by atoms with E-state index in [0.717, 1.165) is 57.2 Å². The highest BCUT2D eigenvalue weighted by Crippen LogP contribution is 2.31. The number of hydrogen-bond acceptors (Lipinski definition) is 5. The highest BCUT2D eigenvalue weighted by molar-refractivity contribution is 5.77. The molecule has 1 aromatic rings. The van der Waals surface area contributed by atoms with Crippen LogP contribution < -0.4 is 5.32 Å². The number of nitrogens with zero attached hydrogens (tertiary/aromatic N) is 3. The van der Waals surface area contributed by atoms with Crippen LogP contribution in [0.3, 0.4) is 0 Å². The number of nitrogens with one attached hydrogen (secondary N) is 1. The summed E-state index contributed by atoms with van der Waals surface area (Å²) < 4.78 is 5.55. The van der Waals surface area contributed by atoms with E-state index in [9.17, 15) is 4.79 Å². The number of hydrogen-bond donors (Lipinski definition) is 1. The third-order valence-corrected chi connectivity index (χ3v) is 5.28. The summed E-state index contributed by atoms with van der Waals surface area (Å²) in [4.78, 5) is 21.4. The monoisotopic (exact) mass is 334 g/mol. The second kappa shape index (κ2) is 7.66. The smallest absolute Gasteiger partial charge is 0.222 e. The Hall–Kier alpha value is -1.40. The number of likely N-dealkylation sites (N-methyl/N-ethyl adjacent to an activating group) is 1. The Morgan fingerprint density at radius 2 is 2.25 bits per heavy atom. The van der Waals surface area contributed by atoms with Crippen molar-refractivity contribution in [1.29, 1.82) is 0 Å². The summed E-state index contributed by atoms with van der Waals surface area (Å²) in [6, 6.07) is 0.416. The van der Waals surface area contributed by atoms with Crippen molar-refractivity contribution >= 4 is 5.91 Å². The molecule has 134 valence electrons. The second-order valence-electron chi connectivity index (χ2n) is 7.41. The number of oxazole rings is 1. The van der Waals surface area contributed by atoms with Crippen LogP contribution in [0.4, 0.5) is 0 Å². The van der Waals surface area contributed by atoms with Crippen LogP contribution >= 0.6 is 0 Å². The summed E-state index contributed by atoms with van der Waals surface area (Å²) in [5, 5.41) is 3.16. The minimum Gasteiger partial charge on any atom is -0.448 e. The van der Waals surface area contributed by atoms with Crippen molar-refractivity contribution in [3.05, 3.63) is 17.8 Å². The molecule has 0 aromatic carbocycles. The van der Waals surface area contributed by atoms with Gasteiger partial charge in [0.05, 0.1) is 5.69 Å². The average Bonchev–Trinajstić information content (AvgIpc) is 3.03. The number of fused-ring (bicyclic) bond motifs is 1. The molecule has 1 aromatic heterocycles. The molecule has 2 atom stereocenters. The van der Waals surface area contributed by atoms with E-state index >= 15 is 0 Å². The maximum atomic E-state index is 12.3. The van der Waals surface area contributed by atoms with Crippen molar-refractivity contribution in [3.63, 3.8) is 0 Å². The summed E-state index contributed by atoms with van der Waals surface area (Å²) in [5.74, 6) is 2.07. The summed E-state index contributed by atoms with van der Waals surface area (Å²) in [6.45, 7) is 8.82. The van der Waals surface area contributed by atoms with Gasteiger partial charge in [0.1, 0.15) is 6.26 Å². The van der Waals surface area contributed by atoms with Gasteiger partial charge >= 0.3 is 0 Å². The van der Waals surface area contributed by atoms with Gasteiger partial charge in [0.2, 0.25) is 5.91 Å². The number of likely N-dealkylation sites (tertiary alicyclic amines) is 2. The molecule has 24 heavy (non-hydrogen) atoms. The van der Waals surface area contributed by atoms with Crippen LogP contribution in [0.1, 0.15) is 50.6 Å². The molecule has 0 bridgehead atoms. The fraction of sp³-hybridized carbons (Fsp3) is 0.778.